The van der Waals surface area contributed by atoms with E-state index in [2.05, 4.69) is 21.3 Å². The zero-order valence-electron chi connectivity index (χ0n) is 14.6. The summed E-state index contributed by atoms with van der Waals surface area (Å²) in [5, 5.41) is 3.06. The molecule has 3 heterocycles. The quantitative estimate of drug-likeness (QED) is 0.927. The van der Waals surface area contributed by atoms with E-state index in [1.54, 1.807) is 6.20 Å². The van der Waals surface area contributed by atoms with Crippen molar-refractivity contribution < 1.29 is 4.79 Å². The minimum atomic E-state index is -0.570. The predicted molar refractivity (Wildman–Crippen MR) is 99.6 cm³/mol. The third kappa shape index (κ3) is 2.46. The fraction of sp³-hybridized carbons (Fsp3) is 0.381. The molecule has 5 heteroatoms. The van der Waals surface area contributed by atoms with Crippen LogP contribution in [-0.2, 0) is 11.3 Å². The van der Waals surface area contributed by atoms with E-state index in [0.717, 1.165) is 43.9 Å². The number of carbonyl (C=O) groups is 1. The number of carbonyl (C=O) groups excluding carboxylic acids is 1. The van der Waals surface area contributed by atoms with Crippen LogP contribution < -0.4 is 5.32 Å². The molecule has 2 aromatic rings. The molecule has 0 unspecified atom stereocenters. The van der Waals surface area contributed by atoms with Gasteiger partial charge in [0.05, 0.1) is 0 Å². The van der Waals surface area contributed by atoms with E-state index < -0.39 is 5.54 Å². The maximum atomic E-state index is 12.9. The maximum Gasteiger partial charge on any atom is 0.253 e. The molecule has 2 aliphatic heterocycles. The Morgan fingerprint density at radius 2 is 2.04 bits per heavy atom. The smallest absolute Gasteiger partial charge is 0.253 e. The molecule has 1 saturated carbocycles. The number of aliphatic imine (C=N–C) groups is 1. The Hall–Kier alpha value is -2.53. The number of pyridine rings is 1. The van der Waals surface area contributed by atoms with Gasteiger partial charge in [-0.05, 0) is 30.4 Å². The number of amidine groups is 1. The van der Waals surface area contributed by atoms with Crippen LogP contribution in [0.2, 0.25) is 0 Å². The first-order chi connectivity index (χ1) is 12.7. The Morgan fingerprint density at radius 3 is 2.85 bits per heavy atom. The SMILES string of the molecule is O=C1NC(c2ccccc2)=N[C@@]12CC[C@@H]1CN(Cc3cccnc3)C[C@@H]12. The molecule has 1 saturated heterocycles. The number of nitrogens with one attached hydrogen (secondary N) is 1. The van der Waals surface area contributed by atoms with Crippen molar-refractivity contribution in [2.75, 3.05) is 13.1 Å². The highest BCUT2D eigenvalue weighted by atomic mass is 16.2. The molecule has 0 radical (unpaired) electrons. The van der Waals surface area contributed by atoms with Crippen LogP contribution in [0.5, 0.6) is 0 Å². The van der Waals surface area contributed by atoms with Gasteiger partial charge in [0.1, 0.15) is 11.4 Å². The molecular weight excluding hydrogens is 324 g/mol. The van der Waals surface area contributed by atoms with Crippen LogP contribution in [0.4, 0.5) is 0 Å². The van der Waals surface area contributed by atoms with Crippen molar-refractivity contribution >= 4 is 11.7 Å². The van der Waals surface area contributed by atoms with Gasteiger partial charge in [0, 0.05) is 43.5 Å². The first kappa shape index (κ1) is 15.7. The fourth-order valence-corrected chi connectivity index (χ4v) is 4.91. The number of rotatable bonds is 3. The zero-order chi connectivity index (χ0) is 17.6. The highest BCUT2D eigenvalue weighted by molar-refractivity contribution is 6.15. The Labute approximate surface area is 153 Å². The summed E-state index contributed by atoms with van der Waals surface area (Å²) >= 11 is 0. The second-order valence-corrected chi connectivity index (χ2v) is 7.67. The molecule has 5 rings (SSSR count). The molecule has 1 N–H and O–H groups in total. The molecule has 5 nitrogen and oxygen atoms in total. The van der Waals surface area contributed by atoms with Gasteiger partial charge in [0.2, 0.25) is 0 Å². The van der Waals surface area contributed by atoms with Gasteiger partial charge in [-0.3, -0.25) is 19.7 Å². The molecule has 0 bridgehead atoms. The fourth-order valence-electron chi connectivity index (χ4n) is 4.91. The third-order valence-corrected chi connectivity index (χ3v) is 6.14. The van der Waals surface area contributed by atoms with Gasteiger partial charge in [-0.25, -0.2) is 0 Å². The molecule has 1 amide bonds. The molecule has 1 aromatic heterocycles. The second kappa shape index (κ2) is 6.02. The Kier molecular flexibility index (Phi) is 3.64. The topological polar surface area (TPSA) is 57.6 Å². The minimum Gasteiger partial charge on any atom is -0.308 e. The average Bonchev–Trinajstić information content (AvgIpc) is 3.33. The highest BCUT2D eigenvalue weighted by Gasteiger charge is 2.59. The summed E-state index contributed by atoms with van der Waals surface area (Å²) in [6, 6.07) is 14.1. The average molecular weight is 346 g/mol. The lowest BCUT2D eigenvalue weighted by molar-refractivity contribution is -0.125. The van der Waals surface area contributed by atoms with E-state index in [1.165, 1.54) is 5.56 Å². The second-order valence-electron chi connectivity index (χ2n) is 7.67. The van der Waals surface area contributed by atoms with E-state index in [-0.39, 0.29) is 5.91 Å². The summed E-state index contributed by atoms with van der Waals surface area (Å²) in [5.74, 6) is 1.69. The minimum absolute atomic E-state index is 0.0899. The number of benzene rings is 1. The lowest BCUT2D eigenvalue weighted by Crippen LogP contribution is -2.44. The van der Waals surface area contributed by atoms with Crippen molar-refractivity contribution in [1.82, 2.24) is 15.2 Å². The van der Waals surface area contributed by atoms with E-state index in [0.29, 0.717) is 11.8 Å². The molecule has 2 fully saturated rings. The summed E-state index contributed by atoms with van der Waals surface area (Å²) in [6.45, 7) is 2.87. The van der Waals surface area contributed by atoms with Crippen LogP contribution >= 0.6 is 0 Å². The molecule has 1 spiro atoms. The van der Waals surface area contributed by atoms with Gasteiger partial charge in [0.25, 0.3) is 5.91 Å². The van der Waals surface area contributed by atoms with Gasteiger partial charge < -0.3 is 5.32 Å². The molecule has 3 atom stereocenters. The van der Waals surface area contributed by atoms with Crippen molar-refractivity contribution in [1.29, 1.82) is 0 Å². The monoisotopic (exact) mass is 346 g/mol. The number of nitrogens with zero attached hydrogens (tertiary/aromatic N) is 3. The van der Waals surface area contributed by atoms with E-state index in [1.807, 2.05) is 42.6 Å². The number of hydrogen-bond donors (Lipinski definition) is 1. The van der Waals surface area contributed by atoms with Crippen molar-refractivity contribution in [2.45, 2.75) is 24.9 Å². The summed E-state index contributed by atoms with van der Waals surface area (Å²) < 4.78 is 0. The van der Waals surface area contributed by atoms with Crippen LogP contribution in [0.15, 0.2) is 59.9 Å². The summed E-state index contributed by atoms with van der Waals surface area (Å²) in [7, 11) is 0. The number of fused-ring (bicyclic) bond motifs is 2. The van der Waals surface area contributed by atoms with Gasteiger partial charge in [0.15, 0.2) is 0 Å². The lowest BCUT2D eigenvalue weighted by atomic mass is 9.85. The lowest BCUT2D eigenvalue weighted by Gasteiger charge is -2.25. The van der Waals surface area contributed by atoms with Crippen molar-refractivity contribution in [3.05, 3.63) is 66.0 Å². The van der Waals surface area contributed by atoms with Crippen molar-refractivity contribution in [3.8, 4) is 0 Å². The van der Waals surface area contributed by atoms with Gasteiger partial charge in [-0.1, -0.05) is 36.4 Å². The summed E-state index contributed by atoms with van der Waals surface area (Å²) in [4.78, 5) is 24.6. The van der Waals surface area contributed by atoms with E-state index >= 15 is 0 Å². The van der Waals surface area contributed by atoms with Crippen LogP contribution in [0.1, 0.15) is 24.0 Å². The third-order valence-electron chi connectivity index (χ3n) is 6.14. The van der Waals surface area contributed by atoms with E-state index in [9.17, 15) is 4.79 Å². The van der Waals surface area contributed by atoms with E-state index in [4.69, 9.17) is 4.99 Å². The Bertz CT molecular complexity index is 851. The largest absolute Gasteiger partial charge is 0.308 e. The first-order valence-corrected chi connectivity index (χ1v) is 9.32. The number of amides is 1. The van der Waals surface area contributed by atoms with Crippen LogP contribution in [0.3, 0.4) is 0 Å². The predicted octanol–water partition coefficient (Wildman–Crippen LogP) is 2.24. The van der Waals surface area contributed by atoms with Gasteiger partial charge >= 0.3 is 0 Å². The Morgan fingerprint density at radius 1 is 1.15 bits per heavy atom. The number of aromatic nitrogens is 1. The molecule has 132 valence electrons. The number of hydrogen-bond acceptors (Lipinski definition) is 4. The molecule has 1 aliphatic carbocycles. The molecule has 3 aliphatic rings. The van der Waals surface area contributed by atoms with Gasteiger partial charge in [-0.2, -0.15) is 0 Å². The highest BCUT2D eigenvalue weighted by Crippen LogP contribution is 2.49. The standard InChI is InChI=1S/C21H22N4O/c26-20-21(24-19(23-20)16-6-2-1-3-7-16)9-8-17-13-25(14-18(17)21)12-15-5-4-10-22-11-15/h1-7,10-11,17-18H,8-9,12-14H2,(H,23,24,26)/t17-,18+,21-/m1/s1. The Balaban J connectivity index is 1.39. The molecule has 26 heavy (non-hydrogen) atoms. The normalized spacial score (nSPS) is 30.5. The molecular formula is C21H22N4O. The first-order valence-electron chi connectivity index (χ1n) is 9.32. The van der Waals surface area contributed by atoms with Crippen LogP contribution in [-0.4, -0.2) is 40.3 Å². The van der Waals surface area contributed by atoms with Crippen molar-refractivity contribution in [2.24, 2.45) is 16.8 Å². The van der Waals surface area contributed by atoms with Crippen LogP contribution in [0.25, 0.3) is 0 Å². The van der Waals surface area contributed by atoms with Crippen molar-refractivity contribution in [3.63, 3.8) is 0 Å². The summed E-state index contributed by atoms with van der Waals surface area (Å²) in [5.41, 5.74) is 1.65. The molecule has 1 aromatic carbocycles. The summed E-state index contributed by atoms with van der Waals surface area (Å²) in [6.07, 6.45) is 5.68. The number of likely N-dealkylation sites (tertiary alicyclic amines) is 1. The van der Waals surface area contributed by atoms with Gasteiger partial charge in [-0.15, -0.1) is 0 Å². The maximum absolute atomic E-state index is 12.9. The van der Waals surface area contributed by atoms with Crippen LogP contribution in [0, 0.1) is 11.8 Å². The zero-order valence-corrected chi connectivity index (χ0v) is 14.6.